The van der Waals surface area contributed by atoms with E-state index in [1.54, 1.807) is 0 Å². The Labute approximate surface area is 240 Å². The number of carbonyl (C=O) groups excluding carboxylic acids is 2. The fourth-order valence-corrected chi connectivity index (χ4v) is 5.49. The van der Waals surface area contributed by atoms with E-state index in [-0.39, 0.29) is 47.3 Å². The predicted octanol–water partition coefficient (Wildman–Crippen LogP) is 4.90. The summed E-state index contributed by atoms with van der Waals surface area (Å²) in [5.41, 5.74) is -3.05. The molecule has 8 nitrogen and oxygen atoms in total. The Hall–Kier alpha value is -3.76. The number of piperidine rings is 1. The average Bonchev–Trinajstić information content (AvgIpc) is 3.10. The molecule has 0 saturated carbocycles. The summed E-state index contributed by atoms with van der Waals surface area (Å²) in [4.78, 5) is 29.2. The van der Waals surface area contributed by atoms with Gasteiger partial charge in [0, 0.05) is 11.8 Å². The highest BCUT2D eigenvalue weighted by atomic mass is 32.1. The summed E-state index contributed by atoms with van der Waals surface area (Å²) in [6.07, 6.45) is -3.27. The highest BCUT2D eigenvalue weighted by Crippen LogP contribution is 2.40. The molecule has 2 aromatic rings. The Morgan fingerprint density at radius 1 is 1.15 bits per heavy atom. The lowest BCUT2D eigenvalue weighted by Gasteiger charge is -2.31. The lowest BCUT2D eigenvalue weighted by atomic mass is 9.98. The number of hydrogen-bond donors (Lipinski definition) is 0. The topological polar surface area (TPSA) is 86.1 Å². The van der Waals surface area contributed by atoms with E-state index in [2.05, 4.69) is 0 Å². The number of alkyl halides is 3. The first-order valence-electron chi connectivity index (χ1n) is 12.8. The van der Waals surface area contributed by atoms with Crippen molar-refractivity contribution in [3.8, 4) is 11.8 Å². The summed E-state index contributed by atoms with van der Waals surface area (Å²) in [6.45, 7) is 4.96. The number of rotatable bonds is 7. The molecule has 0 aliphatic carbocycles. The van der Waals surface area contributed by atoms with Gasteiger partial charge in [0.1, 0.15) is 5.54 Å². The van der Waals surface area contributed by atoms with Crippen molar-refractivity contribution in [2.45, 2.75) is 38.4 Å². The molecule has 0 unspecified atom stereocenters. The molecule has 0 bridgehead atoms. The number of nitriles is 1. The molecule has 0 aromatic heterocycles. The van der Waals surface area contributed by atoms with Gasteiger partial charge in [-0.15, -0.1) is 0 Å². The van der Waals surface area contributed by atoms with Crippen LogP contribution in [0.2, 0.25) is 0 Å². The molecular weight excluding hydrogens is 564 g/mol. The Bertz CT molecular complexity index is 1400. The van der Waals surface area contributed by atoms with Gasteiger partial charge in [0.05, 0.1) is 43.1 Å². The van der Waals surface area contributed by atoms with Gasteiger partial charge in [-0.25, -0.2) is 4.39 Å². The molecular formula is C28H28F4N4O4S. The fourth-order valence-electron chi connectivity index (χ4n) is 4.97. The Balaban J connectivity index is 1.49. The molecule has 2 saturated heterocycles. The van der Waals surface area contributed by atoms with Crippen molar-refractivity contribution in [3.63, 3.8) is 0 Å². The second-order valence-corrected chi connectivity index (χ2v) is 10.7. The third-order valence-corrected chi connectivity index (χ3v) is 7.66. The number of nitrogens with zero attached hydrogens (tertiary/aromatic N) is 4. The molecule has 4 rings (SSSR count). The van der Waals surface area contributed by atoms with Crippen LogP contribution in [0.4, 0.5) is 28.9 Å². The van der Waals surface area contributed by atoms with E-state index in [4.69, 9.17) is 27.0 Å². The Kier molecular flexibility index (Phi) is 8.56. The van der Waals surface area contributed by atoms with Crippen molar-refractivity contribution in [1.82, 2.24) is 4.90 Å². The summed E-state index contributed by atoms with van der Waals surface area (Å²) in [5.74, 6) is -1.41. The van der Waals surface area contributed by atoms with Gasteiger partial charge in [-0.1, -0.05) is 0 Å². The molecule has 0 spiro atoms. The van der Waals surface area contributed by atoms with Gasteiger partial charge in [0.2, 0.25) is 0 Å². The highest BCUT2D eigenvalue weighted by molar-refractivity contribution is 7.81. The van der Waals surface area contributed by atoms with E-state index in [0.29, 0.717) is 19.2 Å². The van der Waals surface area contributed by atoms with Crippen LogP contribution in [0.15, 0.2) is 36.4 Å². The normalized spacial score (nSPS) is 18.0. The first-order chi connectivity index (χ1) is 19.3. The Morgan fingerprint density at radius 2 is 1.80 bits per heavy atom. The van der Waals surface area contributed by atoms with Crippen molar-refractivity contribution in [2.24, 2.45) is 5.92 Å². The lowest BCUT2D eigenvalue weighted by molar-refractivity contribution is -0.142. The van der Waals surface area contributed by atoms with Gasteiger partial charge in [0.15, 0.2) is 16.7 Å². The molecule has 0 radical (unpaired) electrons. The average molecular weight is 593 g/mol. The number of halogens is 4. The second kappa shape index (κ2) is 11.6. The van der Waals surface area contributed by atoms with Crippen LogP contribution in [0.5, 0.6) is 5.75 Å². The maximum Gasteiger partial charge on any atom is 0.417 e. The monoisotopic (exact) mass is 592 g/mol. The number of likely N-dealkylation sites (tertiary alicyclic amines) is 1. The zero-order chi connectivity index (χ0) is 30.1. The number of esters is 1. The summed E-state index contributed by atoms with van der Waals surface area (Å²) >= 11 is 5.50. The van der Waals surface area contributed by atoms with E-state index < -0.39 is 34.6 Å². The Morgan fingerprint density at radius 3 is 2.39 bits per heavy atom. The minimum absolute atomic E-state index is 0.0127. The quantitative estimate of drug-likeness (QED) is 0.255. The molecule has 1 amide bonds. The van der Waals surface area contributed by atoms with E-state index in [9.17, 15) is 22.8 Å². The molecule has 2 heterocycles. The first-order valence-corrected chi connectivity index (χ1v) is 13.2. The molecule has 0 N–H and O–H groups in total. The van der Waals surface area contributed by atoms with E-state index in [0.717, 1.165) is 23.8 Å². The molecule has 0 atom stereocenters. The largest absolute Gasteiger partial charge is 0.490 e. The number of benzene rings is 2. The van der Waals surface area contributed by atoms with Gasteiger partial charge in [0.25, 0.3) is 5.91 Å². The first kappa shape index (κ1) is 30.2. The lowest BCUT2D eigenvalue weighted by Crippen LogP contribution is -2.44. The smallest absolute Gasteiger partial charge is 0.417 e. The van der Waals surface area contributed by atoms with E-state index >= 15 is 4.39 Å². The third kappa shape index (κ3) is 6.13. The highest BCUT2D eigenvalue weighted by Gasteiger charge is 2.51. The number of anilines is 2. The maximum atomic E-state index is 15.2. The fraction of sp³-hybridized carbons (Fsp3) is 0.429. The SMILES string of the molecule is COC(=O)CN1CCC(COc2ccc(N3C(=S)N(c4ccc(C#N)c(C(F)(F)F)c4)C(=O)C3(C)C)cc2F)CC1. The number of thiocarbonyl (C=S) groups is 1. The minimum Gasteiger partial charge on any atom is -0.490 e. The van der Waals surface area contributed by atoms with Crippen LogP contribution in [0, 0.1) is 23.1 Å². The third-order valence-electron chi connectivity index (χ3n) is 7.29. The predicted molar refractivity (Wildman–Crippen MR) is 146 cm³/mol. The van der Waals surface area contributed by atoms with Crippen molar-refractivity contribution in [1.29, 1.82) is 5.26 Å². The van der Waals surface area contributed by atoms with Crippen LogP contribution in [-0.4, -0.2) is 60.8 Å². The minimum atomic E-state index is -4.82. The van der Waals surface area contributed by atoms with Crippen LogP contribution in [0.1, 0.15) is 37.8 Å². The zero-order valence-corrected chi connectivity index (χ0v) is 23.4. The van der Waals surface area contributed by atoms with Crippen molar-refractivity contribution >= 4 is 40.6 Å². The molecule has 2 fully saturated rings. The summed E-state index contributed by atoms with van der Waals surface area (Å²) in [5, 5.41) is 8.96. The number of methoxy groups -OCH3 is 1. The van der Waals surface area contributed by atoms with E-state index in [1.165, 1.54) is 56.2 Å². The van der Waals surface area contributed by atoms with Gasteiger partial charge in [-0.3, -0.25) is 19.4 Å². The van der Waals surface area contributed by atoms with Crippen LogP contribution >= 0.6 is 12.2 Å². The number of amides is 1. The molecule has 2 aliphatic heterocycles. The summed E-state index contributed by atoms with van der Waals surface area (Å²) in [6, 6.07) is 8.54. The number of hydrogen-bond acceptors (Lipinski definition) is 7. The van der Waals surface area contributed by atoms with Crippen LogP contribution in [0.25, 0.3) is 0 Å². The number of ether oxygens (including phenoxy) is 2. The van der Waals surface area contributed by atoms with Gasteiger partial charge in [-0.05, 0) is 88.2 Å². The number of carbonyl (C=O) groups is 2. The van der Waals surface area contributed by atoms with Crippen molar-refractivity contribution in [2.75, 3.05) is 43.2 Å². The zero-order valence-electron chi connectivity index (χ0n) is 22.6. The van der Waals surface area contributed by atoms with Gasteiger partial charge >= 0.3 is 12.1 Å². The van der Waals surface area contributed by atoms with Crippen LogP contribution < -0.4 is 14.5 Å². The van der Waals surface area contributed by atoms with Gasteiger partial charge < -0.3 is 14.4 Å². The van der Waals surface area contributed by atoms with E-state index in [1.807, 2.05) is 4.90 Å². The molecule has 218 valence electrons. The van der Waals surface area contributed by atoms with Gasteiger partial charge in [-0.2, -0.15) is 18.4 Å². The molecule has 41 heavy (non-hydrogen) atoms. The summed E-state index contributed by atoms with van der Waals surface area (Å²) in [7, 11) is 1.34. The second-order valence-electron chi connectivity index (χ2n) is 10.4. The van der Waals surface area contributed by atoms with Crippen LogP contribution in [-0.2, 0) is 20.5 Å². The van der Waals surface area contributed by atoms with Crippen molar-refractivity contribution < 1.29 is 36.6 Å². The maximum absolute atomic E-state index is 15.2. The molecule has 13 heteroatoms. The molecule has 2 aromatic carbocycles. The molecule has 2 aliphatic rings. The van der Waals surface area contributed by atoms with Crippen LogP contribution in [0.3, 0.4) is 0 Å². The van der Waals surface area contributed by atoms with Crippen molar-refractivity contribution in [3.05, 3.63) is 53.3 Å². The summed E-state index contributed by atoms with van der Waals surface area (Å²) < 4.78 is 66.3. The standard InChI is InChI=1S/C28H28F4N4O4S/c1-27(2)25(38)35(19-5-4-18(14-33)21(12-19)28(30,31)32)26(41)36(27)20-6-7-23(22(29)13-20)40-16-17-8-10-34(11-9-17)15-24(37)39-3/h4-7,12-13,17H,8-11,15-16H2,1-3H3.